The van der Waals surface area contributed by atoms with E-state index in [0.29, 0.717) is 29.3 Å². The number of carbonyl (C=O) groups is 1. The third kappa shape index (κ3) is 2.74. The third-order valence-electron chi connectivity index (χ3n) is 6.86. The molecule has 0 aromatic rings. The van der Waals surface area contributed by atoms with E-state index in [4.69, 9.17) is 0 Å². The van der Waals surface area contributed by atoms with Crippen LogP contribution in [0.3, 0.4) is 0 Å². The summed E-state index contributed by atoms with van der Waals surface area (Å²) in [6, 6.07) is 0.427. The summed E-state index contributed by atoms with van der Waals surface area (Å²) in [6.45, 7) is 1.08. The summed E-state index contributed by atoms with van der Waals surface area (Å²) in [5.41, 5.74) is 0.350. The largest absolute Gasteiger partial charge is 0.353 e. The highest BCUT2D eigenvalue weighted by atomic mass is 16.2. The van der Waals surface area contributed by atoms with Crippen molar-refractivity contribution in [1.82, 2.24) is 10.6 Å². The molecule has 3 aliphatic carbocycles. The summed E-state index contributed by atoms with van der Waals surface area (Å²) in [5, 5.41) is 7.22. The third-order valence-corrected chi connectivity index (χ3v) is 6.86. The van der Waals surface area contributed by atoms with E-state index in [1.54, 1.807) is 0 Å². The first kappa shape index (κ1) is 14.0. The molecule has 0 aromatic carbocycles. The average molecular weight is 290 g/mol. The Balaban J connectivity index is 1.35. The molecule has 1 spiro atoms. The topological polar surface area (TPSA) is 41.1 Å². The van der Waals surface area contributed by atoms with Gasteiger partial charge in [0.1, 0.15) is 0 Å². The van der Waals surface area contributed by atoms with Crippen LogP contribution in [0.15, 0.2) is 0 Å². The van der Waals surface area contributed by atoms with Crippen molar-refractivity contribution >= 4 is 5.91 Å². The minimum atomic E-state index is 0.348. The zero-order chi connectivity index (χ0) is 14.3. The summed E-state index contributed by atoms with van der Waals surface area (Å²) in [4.78, 5) is 12.6. The number of nitrogens with one attached hydrogen (secondary N) is 2. The van der Waals surface area contributed by atoms with Gasteiger partial charge in [0.05, 0.1) is 0 Å². The van der Waals surface area contributed by atoms with Gasteiger partial charge in [-0.05, 0) is 63.3 Å². The molecule has 3 saturated carbocycles. The Hall–Kier alpha value is -0.570. The summed E-state index contributed by atoms with van der Waals surface area (Å²) in [7, 11) is 0. The number of hydrogen-bond acceptors (Lipinski definition) is 2. The molecule has 4 fully saturated rings. The number of piperidine rings is 1. The molecule has 3 heteroatoms. The number of fused-ring (bicyclic) bond motifs is 2. The van der Waals surface area contributed by atoms with E-state index in [2.05, 4.69) is 10.6 Å². The SMILES string of the molecule is O=C(NC1CCNC2(CCCCC2)C1)C1CC2CCC1C2. The van der Waals surface area contributed by atoms with E-state index < -0.39 is 0 Å². The molecular weight excluding hydrogens is 260 g/mol. The quantitative estimate of drug-likeness (QED) is 0.821. The Kier molecular flexibility index (Phi) is 3.72. The van der Waals surface area contributed by atoms with Gasteiger partial charge >= 0.3 is 0 Å². The summed E-state index contributed by atoms with van der Waals surface area (Å²) >= 11 is 0. The molecule has 1 aliphatic heterocycles. The molecule has 1 heterocycles. The van der Waals surface area contributed by atoms with Crippen LogP contribution in [0.25, 0.3) is 0 Å². The van der Waals surface area contributed by atoms with Gasteiger partial charge in [-0.15, -0.1) is 0 Å². The van der Waals surface area contributed by atoms with Gasteiger partial charge in [0.25, 0.3) is 0 Å². The molecule has 2 N–H and O–H groups in total. The Morgan fingerprint density at radius 3 is 2.62 bits per heavy atom. The fourth-order valence-electron chi connectivity index (χ4n) is 5.76. The van der Waals surface area contributed by atoms with Gasteiger partial charge in [0, 0.05) is 17.5 Å². The highest BCUT2D eigenvalue weighted by Crippen LogP contribution is 2.48. The number of amides is 1. The Morgan fingerprint density at radius 1 is 1.05 bits per heavy atom. The predicted octanol–water partition coefficient (Wildman–Crippen LogP) is 2.99. The van der Waals surface area contributed by atoms with Crippen LogP contribution in [0.5, 0.6) is 0 Å². The van der Waals surface area contributed by atoms with E-state index in [1.807, 2.05) is 0 Å². The zero-order valence-corrected chi connectivity index (χ0v) is 13.2. The maximum Gasteiger partial charge on any atom is 0.223 e. The van der Waals surface area contributed by atoms with Gasteiger partial charge in [-0.3, -0.25) is 4.79 Å². The van der Waals surface area contributed by atoms with Crippen molar-refractivity contribution in [1.29, 1.82) is 0 Å². The number of hydrogen-bond donors (Lipinski definition) is 2. The van der Waals surface area contributed by atoms with Gasteiger partial charge in [-0.1, -0.05) is 25.7 Å². The zero-order valence-electron chi connectivity index (χ0n) is 13.2. The predicted molar refractivity (Wildman–Crippen MR) is 83.9 cm³/mol. The second kappa shape index (κ2) is 5.57. The number of carbonyl (C=O) groups excluding carboxylic acids is 1. The van der Waals surface area contributed by atoms with E-state index in [0.717, 1.165) is 18.9 Å². The smallest absolute Gasteiger partial charge is 0.223 e. The molecule has 1 amide bonds. The first-order chi connectivity index (χ1) is 10.2. The van der Waals surface area contributed by atoms with Crippen LogP contribution < -0.4 is 10.6 Å². The average Bonchev–Trinajstić information content (AvgIpc) is 3.11. The molecule has 2 bridgehead atoms. The lowest BCUT2D eigenvalue weighted by Gasteiger charge is -2.45. The summed E-state index contributed by atoms with van der Waals surface area (Å²) < 4.78 is 0. The normalized spacial score (nSPS) is 41.3. The van der Waals surface area contributed by atoms with Crippen molar-refractivity contribution < 1.29 is 4.79 Å². The highest BCUT2D eigenvalue weighted by molar-refractivity contribution is 5.79. The molecule has 1 saturated heterocycles. The standard InChI is InChI=1S/C18H30N2O/c21-17(16-11-13-4-5-14(16)10-13)20-15-6-9-19-18(12-15)7-2-1-3-8-18/h13-16,19H,1-12H2,(H,20,21). The van der Waals surface area contributed by atoms with Crippen molar-refractivity contribution in [2.75, 3.05) is 6.54 Å². The molecular formula is C18H30N2O. The first-order valence-electron chi connectivity index (χ1n) is 9.30. The molecule has 0 aromatic heterocycles. The fourth-order valence-corrected chi connectivity index (χ4v) is 5.76. The Labute approximate surface area is 128 Å². The van der Waals surface area contributed by atoms with E-state index >= 15 is 0 Å². The Morgan fingerprint density at radius 2 is 1.90 bits per heavy atom. The van der Waals surface area contributed by atoms with E-state index in [-0.39, 0.29) is 0 Å². The first-order valence-corrected chi connectivity index (χ1v) is 9.30. The van der Waals surface area contributed by atoms with Crippen LogP contribution in [-0.4, -0.2) is 24.0 Å². The van der Waals surface area contributed by atoms with Gasteiger partial charge in [-0.2, -0.15) is 0 Å². The van der Waals surface area contributed by atoms with Gasteiger partial charge in [0.2, 0.25) is 5.91 Å². The molecule has 0 radical (unpaired) electrons. The molecule has 4 atom stereocenters. The fraction of sp³-hybridized carbons (Fsp3) is 0.944. The molecule has 3 nitrogen and oxygen atoms in total. The van der Waals surface area contributed by atoms with Crippen molar-refractivity contribution in [2.45, 2.75) is 82.2 Å². The molecule has 4 rings (SSSR count). The minimum Gasteiger partial charge on any atom is -0.353 e. The lowest BCUT2D eigenvalue weighted by molar-refractivity contribution is -0.127. The summed E-state index contributed by atoms with van der Waals surface area (Å²) in [6.07, 6.45) is 14.2. The molecule has 21 heavy (non-hydrogen) atoms. The van der Waals surface area contributed by atoms with Crippen molar-refractivity contribution in [3.05, 3.63) is 0 Å². The van der Waals surface area contributed by atoms with Crippen LogP contribution in [0.2, 0.25) is 0 Å². The lowest BCUT2D eigenvalue weighted by atomic mass is 9.74. The maximum absolute atomic E-state index is 12.6. The van der Waals surface area contributed by atoms with Crippen molar-refractivity contribution in [3.63, 3.8) is 0 Å². The molecule has 4 unspecified atom stereocenters. The van der Waals surface area contributed by atoms with Crippen molar-refractivity contribution in [3.8, 4) is 0 Å². The second-order valence-corrected chi connectivity index (χ2v) is 8.25. The maximum atomic E-state index is 12.6. The van der Waals surface area contributed by atoms with Gasteiger partial charge in [-0.25, -0.2) is 0 Å². The number of rotatable bonds is 2. The van der Waals surface area contributed by atoms with Gasteiger partial charge < -0.3 is 10.6 Å². The molecule has 4 aliphatic rings. The van der Waals surface area contributed by atoms with E-state index in [9.17, 15) is 4.79 Å². The summed E-state index contributed by atoms with van der Waals surface area (Å²) in [5.74, 6) is 2.31. The Bertz CT molecular complexity index is 397. The minimum absolute atomic E-state index is 0.348. The second-order valence-electron chi connectivity index (χ2n) is 8.25. The monoisotopic (exact) mass is 290 g/mol. The van der Waals surface area contributed by atoms with Gasteiger partial charge in [0.15, 0.2) is 0 Å². The molecule has 118 valence electrons. The van der Waals surface area contributed by atoms with Crippen LogP contribution in [0.4, 0.5) is 0 Å². The lowest BCUT2D eigenvalue weighted by Crippen LogP contribution is -2.57. The van der Waals surface area contributed by atoms with Crippen molar-refractivity contribution in [2.24, 2.45) is 17.8 Å². The van der Waals surface area contributed by atoms with Crippen LogP contribution >= 0.6 is 0 Å². The van der Waals surface area contributed by atoms with Crippen LogP contribution in [-0.2, 0) is 4.79 Å². The highest BCUT2D eigenvalue weighted by Gasteiger charge is 2.44. The van der Waals surface area contributed by atoms with Crippen LogP contribution in [0, 0.1) is 17.8 Å². The van der Waals surface area contributed by atoms with E-state index in [1.165, 1.54) is 64.2 Å². The van der Waals surface area contributed by atoms with Crippen LogP contribution in [0.1, 0.15) is 70.6 Å².